The van der Waals surface area contributed by atoms with Gasteiger partial charge in [-0.1, -0.05) is 273 Å². The molecule has 55 heavy (non-hydrogen) atoms. The van der Waals surface area contributed by atoms with Gasteiger partial charge in [-0.2, -0.15) is 0 Å². The standard InChI is InChI=1S/C53H90OSi/c1-5-6-7-8-9-10-11-12-13-14-15-16-17-18-19-20-21-22-23-24-25-26-27-28-29-30-31-32-33-34-35-36-37-38-45-50-54-55(53(2,3)4,51-46-41-39-42-47-51)52-48-43-40-44-49-52/h14-15,17-18,39-44,46-49H,5-13,16,19-38,45,50H2,1-4H3. The molecule has 0 N–H and O–H groups in total. The van der Waals surface area contributed by atoms with Crippen LogP contribution in [0.15, 0.2) is 85.0 Å². The summed E-state index contributed by atoms with van der Waals surface area (Å²) in [6.07, 6.45) is 52.8. The van der Waals surface area contributed by atoms with Crippen LogP contribution < -0.4 is 10.4 Å². The highest BCUT2D eigenvalue weighted by Crippen LogP contribution is 2.37. The minimum absolute atomic E-state index is 0.0670. The zero-order valence-corrected chi connectivity index (χ0v) is 38.1. The summed E-state index contributed by atoms with van der Waals surface area (Å²) < 4.78 is 7.07. The predicted octanol–water partition coefficient (Wildman–Crippen LogP) is 16.8. The van der Waals surface area contributed by atoms with Crippen molar-refractivity contribution in [2.24, 2.45) is 0 Å². The molecular formula is C53H90OSi. The molecule has 0 aromatic heterocycles. The van der Waals surface area contributed by atoms with E-state index >= 15 is 0 Å². The number of hydrogen-bond donors (Lipinski definition) is 0. The van der Waals surface area contributed by atoms with E-state index in [4.69, 9.17) is 4.43 Å². The number of hydrogen-bond acceptors (Lipinski definition) is 1. The molecule has 0 spiro atoms. The second-order valence-corrected chi connectivity index (χ2v) is 22.1. The number of benzene rings is 2. The van der Waals surface area contributed by atoms with Crippen LogP contribution in [0.3, 0.4) is 0 Å². The van der Waals surface area contributed by atoms with Gasteiger partial charge in [-0.05, 0) is 53.9 Å². The minimum atomic E-state index is -2.38. The van der Waals surface area contributed by atoms with E-state index in [1.807, 2.05) is 0 Å². The Balaban J connectivity index is 1.32. The normalized spacial score (nSPS) is 12.4. The van der Waals surface area contributed by atoms with E-state index in [9.17, 15) is 0 Å². The topological polar surface area (TPSA) is 9.23 Å². The highest BCUT2D eigenvalue weighted by Gasteiger charge is 2.49. The molecule has 0 fully saturated rings. The lowest BCUT2D eigenvalue weighted by molar-refractivity contribution is 0.286. The van der Waals surface area contributed by atoms with E-state index in [0.717, 1.165) is 13.0 Å². The van der Waals surface area contributed by atoms with Crippen LogP contribution in [0.5, 0.6) is 0 Å². The van der Waals surface area contributed by atoms with E-state index in [1.165, 1.54) is 203 Å². The largest absolute Gasteiger partial charge is 0.407 e. The molecule has 2 aromatic rings. The minimum Gasteiger partial charge on any atom is -0.407 e. The van der Waals surface area contributed by atoms with Crippen molar-refractivity contribution in [1.82, 2.24) is 0 Å². The Morgan fingerprint density at radius 1 is 0.400 bits per heavy atom. The molecule has 0 saturated carbocycles. The molecule has 0 radical (unpaired) electrons. The fourth-order valence-electron chi connectivity index (χ4n) is 8.44. The van der Waals surface area contributed by atoms with Crippen molar-refractivity contribution in [2.75, 3.05) is 6.61 Å². The fourth-order valence-corrected chi connectivity index (χ4v) is 13.0. The summed E-state index contributed by atoms with van der Waals surface area (Å²) >= 11 is 0. The van der Waals surface area contributed by atoms with Crippen molar-refractivity contribution in [2.45, 2.75) is 232 Å². The molecular weight excluding hydrogens is 681 g/mol. The zero-order valence-electron chi connectivity index (χ0n) is 37.1. The van der Waals surface area contributed by atoms with E-state index < -0.39 is 8.32 Å². The van der Waals surface area contributed by atoms with Crippen LogP contribution in [0.4, 0.5) is 0 Å². The van der Waals surface area contributed by atoms with Gasteiger partial charge in [0, 0.05) is 6.61 Å². The first-order chi connectivity index (χ1) is 27.0. The number of rotatable bonds is 37. The quantitative estimate of drug-likeness (QED) is 0.0378. The molecule has 0 amide bonds. The van der Waals surface area contributed by atoms with Crippen LogP contribution >= 0.6 is 0 Å². The average Bonchev–Trinajstić information content (AvgIpc) is 3.19. The summed E-state index contributed by atoms with van der Waals surface area (Å²) in [5.41, 5.74) is 0. The van der Waals surface area contributed by atoms with Gasteiger partial charge in [-0.15, -0.1) is 0 Å². The summed E-state index contributed by atoms with van der Waals surface area (Å²) in [5, 5.41) is 2.85. The molecule has 312 valence electrons. The van der Waals surface area contributed by atoms with Gasteiger partial charge in [0.15, 0.2) is 0 Å². The Bertz CT molecular complexity index is 1110. The predicted molar refractivity (Wildman–Crippen MR) is 251 cm³/mol. The molecule has 0 heterocycles. The molecule has 0 aliphatic heterocycles. The molecule has 2 aromatic carbocycles. The van der Waals surface area contributed by atoms with Crippen molar-refractivity contribution >= 4 is 18.7 Å². The Hall–Kier alpha value is -1.90. The maximum absolute atomic E-state index is 7.07. The van der Waals surface area contributed by atoms with Crippen LogP contribution in [0.2, 0.25) is 5.04 Å². The highest BCUT2D eigenvalue weighted by atomic mass is 28.4. The molecule has 2 rings (SSSR count). The number of allylic oxidation sites excluding steroid dienone is 4. The van der Waals surface area contributed by atoms with Gasteiger partial charge in [0.25, 0.3) is 8.32 Å². The molecule has 0 unspecified atom stereocenters. The SMILES string of the molecule is CCCCCCCCCCC=CCC=CCCCCCCCCCCCCCCCCCCCCCCO[Si](c1ccccc1)(c1ccccc1)C(C)(C)C. The molecule has 0 atom stereocenters. The maximum Gasteiger partial charge on any atom is 0.261 e. The molecule has 0 aliphatic rings. The van der Waals surface area contributed by atoms with Gasteiger partial charge in [0.05, 0.1) is 0 Å². The summed E-state index contributed by atoms with van der Waals surface area (Å²) in [6.45, 7) is 10.3. The lowest BCUT2D eigenvalue weighted by Crippen LogP contribution is -2.66. The van der Waals surface area contributed by atoms with Gasteiger partial charge in [-0.25, -0.2) is 0 Å². The van der Waals surface area contributed by atoms with Crippen molar-refractivity contribution in [3.05, 3.63) is 85.0 Å². The van der Waals surface area contributed by atoms with Crippen molar-refractivity contribution in [3.8, 4) is 0 Å². The Morgan fingerprint density at radius 3 is 1.04 bits per heavy atom. The van der Waals surface area contributed by atoms with Crippen LogP contribution in [0.1, 0.15) is 227 Å². The third-order valence-corrected chi connectivity index (χ3v) is 16.9. The summed E-state index contributed by atoms with van der Waals surface area (Å²) in [5.74, 6) is 0. The maximum atomic E-state index is 7.07. The van der Waals surface area contributed by atoms with Gasteiger partial charge in [-0.3, -0.25) is 0 Å². The van der Waals surface area contributed by atoms with Gasteiger partial charge >= 0.3 is 0 Å². The van der Waals surface area contributed by atoms with E-state index in [2.05, 4.69) is 113 Å². The smallest absolute Gasteiger partial charge is 0.261 e. The van der Waals surface area contributed by atoms with Gasteiger partial charge in [0.2, 0.25) is 0 Å². The second-order valence-electron chi connectivity index (χ2n) is 17.8. The monoisotopic (exact) mass is 771 g/mol. The summed E-state index contributed by atoms with van der Waals surface area (Å²) in [7, 11) is -2.38. The molecule has 2 heteroatoms. The first-order valence-electron chi connectivity index (χ1n) is 24.1. The van der Waals surface area contributed by atoms with Crippen LogP contribution in [-0.2, 0) is 4.43 Å². The molecule has 0 bridgehead atoms. The summed E-state index contributed by atoms with van der Waals surface area (Å²) in [6, 6.07) is 22.2. The van der Waals surface area contributed by atoms with Crippen molar-refractivity contribution in [1.29, 1.82) is 0 Å². The number of unbranched alkanes of at least 4 members (excludes halogenated alkanes) is 28. The lowest BCUT2D eigenvalue weighted by atomic mass is 10.0. The van der Waals surface area contributed by atoms with Crippen LogP contribution in [0, 0.1) is 0 Å². The van der Waals surface area contributed by atoms with E-state index in [0.29, 0.717) is 0 Å². The van der Waals surface area contributed by atoms with Crippen molar-refractivity contribution < 1.29 is 4.43 Å². The van der Waals surface area contributed by atoms with Crippen molar-refractivity contribution in [3.63, 3.8) is 0 Å². The Morgan fingerprint density at radius 2 is 0.709 bits per heavy atom. The zero-order chi connectivity index (χ0) is 39.4. The molecule has 0 aliphatic carbocycles. The Labute approximate surface area is 345 Å². The molecule has 1 nitrogen and oxygen atoms in total. The van der Waals surface area contributed by atoms with E-state index in [1.54, 1.807) is 0 Å². The van der Waals surface area contributed by atoms with Crippen LogP contribution in [0.25, 0.3) is 0 Å². The fraction of sp³-hybridized carbons (Fsp3) is 0.698. The average molecular weight is 771 g/mol. The van der Waals surface area contributed by atoms with Gasteiger partial charge in [0.1, 0.15) is 0 Å². The van der Waals surface area contributed by atoms with E-state index in [-0.39, 0.29) is 5.04 Å². The molecule has 0 saturated heterocycles. The van der Waals surface area contributed by atoms with Crippen LogP contribution in [-0.4, -0.2) is 14.9 Å². The second kappa shape index (κ2) is 34.2. The first-order valence-corrected chi connectivity index (χ1v) is 26.0. The third-order valence-electron chi connectivity index (χ3n) is 11.8. The summed E-state index contributed by atoms with van der Waals surface area (Å²) in [4.78, 5) is 0. The first kappa shape index (κ1) is 49.2. The highest BCUT2D eigenvalue weighted by molar-refractivity contribution is 6.99. The third kappa shape index (κ3) is 23.8. The van der Waals surface area contributed by atoms with Gasteiger partial charge < -0.3 is 4.43 Å². The Kier molecular flexibility index (Phi) is 30.6. The lowest BCUT2D eigenvalue weighted by Gasteiger charge is -2.43.